The average Bonchev–Trinajstić information content (AvgIpc) is 3.40. The van der Waals surface area contributed by atoms with E-state index in [4.69, 9.17) is 9.15 Å². The molecule has 0 aliphatic heterocycles. The Bertz CT molecular complexity index is 1300. The molecular formula is C27H23NO2. The Morgan fingerprint density at radius 3 is 2.37 bits per heavy atom. The van der Waals surface area contributed by atoms with Gasteiger partial charge in [0, 0.05) is 16.6 Å². The fourth-order valence-electron chi connectivity index (χ4n) is 4.29. The number of fused-ring (bicyclic) bond motifs is 1. The number of hydrogen-bond donors (Lipinski definition) is 1. The van der Waals surface area contributed by atoms with E-state index in [0.717, 1.165) is 34.0 Å². The second-order valence-corrected chi connectivity index (χ2v) is 7.46. The Kier molecular flexibility index (Phi) is 4.64. The van der Waals surface area contributed by atoms with E-state index in [0.29, 0.717) is 0 Å². The minimum atomic E-state index is -0.00851. The molecule has 0 radical (unpaired) electrons. The third-order valence-electron chi connectivity index (χ3n) is 5.65. The van der Waals surface area contributed by atoms with E-state index in [2.05, 4.69) is 66.5 Å². The lowest BCUT2D eigenvalue weighted by Crippen LogP contribution is -2.03. The van der Waals surface area contributed by atoms with Crippen molar-refractivity contribution >= 4 is 10.9 Å². The Morgan fingerprint density at radius 2 is 1.53 bits per heavy atom. The van der Waals surface area contributed by atoms with Crippen LogP contribution in [0.1, 0.15) is 28.5 Å². The summed E-state index contributed by atoms with van der Waals surface area (Å²) in [6.45, 7) is 2.13. The number of nitrogens with one attached hydrogen (secondary N) is 1. The maximum Gasteiger partial charge on any atom is 0.138 e. The predicted molar refractivity (Wildman–Crippen MR) is 121 cm³/mol. The fraction of sp³-hybridized carbons (Fsp3) is 0.111. The summed E-state index contributed by atoms with van der Waals surface area (Å²) in [6.07, 6.45) is 0. The molecule has 0 aliphatic rings. The summed E-state index contributed by atoms with van der Waals surface area (Å²) in [4.78, 5) is 3.54. The maximum atomic E-state index is 6.46. The Morgan fingerprint density at radius 1 is 0.800 bits per heavy atom. The van der Waals surface area contributed by atoms with E-state index in [1.165, 1.54) is 16.5 Å². The Balaban J connectivity index is 1.70. The topological polar surface area (TPSA) is 38.2 Å². The molecule has 0 spiro atoms. The molecule has 5 aromatic rings. The van der Waals surface area contributed by atoms with Gasteiger partial charge in [0.05, 0.1) is 18.6 Å². The first-order chi connectivity index (χ1) is 14.8. The van der Waals surface area contributed by atoms with E-state index in [1.807, 2.05) is 36.4 Å². The first kappa shape index (κ1) is 18.3. The molecule has 0 saturated heterocycles. The van der Waals surface area contributed by atoms with Crippen molar-refractivity contribution < 1.29 is 9.15 Å². The molecule has 2 heterocycles. The molecule has 0 saturated carbocycles. The lowest BCUT2D eigenvalue weighted by molar-refractivity contribution is 0.414. The molecule has 3 nitrogen and oxygen atoms in total. The quantitative estimate of drug-likeness (QED) is 0.352. The molecule has 3 aromatic carbocycles. The molecule has 1 N–H and O–H groups in total. The van der Waals surface area contributed by atoms with Crippen molar-refractivity contribution in [1.82, 2.24) is 4.98 Å². The summed E-state index contributed by atoms with van der Waals surface area (Å²) >= 11 is 0. The van der Waals surface area contributed by atoms with Crippen LogP contribution >= 0.6 is 0 Å². The molecule has 1 unspecified atom stereocenters. The summed E-state index contributed by atoms with van der Waals surface area (Å²) in [6, 6.07) is 31.0. The van der Waals surface area contributed by atoms with Crippen LogP contribution in [-0.4, -0.2) is 12.1 Å². The third-order valence-corrected chi connectivity index (χ3v) is 5.65. The van der Waals surface area contributed by atoms with Crippen molar-refractivity contribution in [3.63, 3.8) is 0 Å². The molecule has 5 rings (SSSR count). The van der Waals surface area contributed by atoms with Gasteiger partial charge < -0.3 is 14.1 Å². The van der Waals surface area contributed by atoms with Gasteiger partial charge in [-0.15, -0.1) is 0 Å². The Hall–Kier alpha value is -3.72. The highest BCUT2D eigenvalue weighted by Crippen LogP contribution is 2.41. The minimum absolute atomic E-state index is 0.00851. The van der Waals surface area contributed by atoms with Gasteiger partial charge in [-0.25, -0.2) is 0 Å². The van der Waals surface area contributed by atoms with Gasteiger partial charge in [0.25, 0.3) is 0 Å². The maximum absolute atomic E-state index is 6.46. The largest absolute Gasteiger partial charge is 0.496 e. The van der Waals surface area contributed by atoms with Crippen LogP contribution in [-0.2, 0) is 0 Å². The normalized spacial score (nSPS) is 12.2. The molecule has 0 bridgehead atoms. The first-order valence-electron chi connectivity index (χ1n) is 10.1. The number of aromatic nitrogens is 1. The smallest absolute Gasteiger partial charge is 0.138 e. The SMILES string of the molecule is COc1ccccc1-c1ccc(C(c2ccccc2)c2c(C)[nH]c3ccccc23)o1. The van der Waals surface area contributed by atoms with Gasteiger partial charge in [-0.2, -0.15) is 0 Å². The lowest BCUT2D eigenvalue weighted by Gasteiger charge is -2.17. The van der Waals surface area contributed by atoms with Crippen LogP contribution in [0.4, 0.5) is 0 Å². The van der Waals surface area contributed by atoms with Gasteiger partial charge in [-0.3, -0.25) is 0 Å². The monoisotopic (exact) mass is 393 g/mol. The lowest BCUT2D eigenvalue weighted by atomic mass is 9.87. The highest BCUT2D eigenvalue weighted by molar-refractivity contribution is 5.86. The summed E-state index contributed by atoms with van der Waals surface area (Å²) in [7, 11) is 1.69. The zero-order valence-corrected chi connectivity index (χ0v) is 17.1. The van der Waals surface area contributed by atoms with E-state index in [1.54, 1.807) is 7.11 Å². The van der Waals surface area contributed by atoms with Gasteiger partial charge in [0.1, 0.15) is 17.3 Å². The van der Waals surface area contributed by atoms with Crippen LogP contribution in [0.25, 0.3) is 22.2 Å². The van der Waals surface area contributed by atoms with Crippen LogP contribution in [0, 0.1) is 6.92 Å². The third kappa shape index (κ3) is 3.09. The highest BCUT2D eigenvalue weighted by atomic mass is 16.5. The standard InChI is InChI=1S/C27H23NO2/c1-18-26(20-12-6-8-14-22(20)28-18)27(19-10-4-3-5-11-19)25-17-16-24(30-25)21-13-7-9-15-23(21)29-2/h3-17,27-28H,1-2H3. The summed E-state index contributed by atoms with van der Waals surface area (Å²) < 4.78 is 12.0. The number of methoxy groups -OCH3 is 1. The van der Waals surface area contributed by atoms with Crippen molar-refractivity contribution in [2.45, 2.75) is 12.8 Å². The van der Waals surface area contributed by atoms with Crippen LogP contribution in [0.5, 0.6) is 5.75 Å². The van der Waals surface area contributed by atoms with E-state index in [9.17, 15) is 0 Å². The zero-order chi connectivity index (χ0) is 20.5. The number of H-pyrrole nitrogens is 1. The molecule has 148 valence electrons. The van der Waals surface area contributed by atoms with Crippen molar-refractivity contribution in [2.75, 3.05) is 7.11 Å². The number of hydrogen-bond acceptors (Lipinski definition) is 2. The van der Waals surface area contributed by atoms with Crippen LogP contribution < -0.4 is 4.74 Å². The number of aromatic amines is 1. The zero-order valence-electron chi connectivity index (χ0n) is 17.1. The predicted octanol–water partition coefficient (Wildman–Crippen LogP) is 6.93. The van der Waals surface area contributed by atoms with E-state index < -0.39 is 0 Å². The van der Waals surface area contributed by atoms with Gasteiger partial charge in [-0.05, 0) is 48.4 Å². The van der Waals surface area contributed by atoms with Crippen LogP contribution in [0.2, 0.25) is 0 Å². The number of benzene rings is 3. The second kappa shape index (κ2) is 7.60. The number of rotatable bonds is 5. The summed E-state index contributed by atoms with van der Waals surface area (Å²) in [5, 5.41) is 1.22. The molecule has 0 amide bonds. The van der Waals surface area contributed by atoms with Crippen LogP contribution in [0.15, 0.2) is 95.4 Å². The minimum Gasteiger partial charge on any atom is -0.496 e. The van der Waals surface area contributed by atoms with Crippen molar-refractivity contribution in [3.05, 3.63) is 114 Å². The van der Waals surface area contributed by atoms with E-state index >= 15 is 0 Å². The highest BCUT2D eigenvalue weighted by Gasteiger charge is 2.26. The van der Waals surface area contributed by atoms with Gasteiger partial charge in [0.2, 0.25) is 0 Å². The molecule has 30 heavy (non-hydrogen) atoms. The summed E-state index contributed by atoms with van der Waals surface area (Å²) in [5.74, 6) is 2.51. The second-order valence-electron chi connectivity index (χ2n) is 7.46. The molecule has 1 atom stereocenters. The Labute approximate surface area is 175 Å². The molecule has 0 fully saturated rings. The van der Waals surface area contributed by atoms with E-state index in [-0.39, 0.29) is 5.92 Å². The van der Waals surface area contributed by atoms with Crippen LogP contribution in [0.3, 0.4) is 0 Å². The molecule has 2 aromatic heterocycles. The average molecular weight is 393 g/mol. The van der Waals surface area contributed by atoms with Gasteiger partial charge in [-0.1, -0.05) is 60.7 Å². The van der Waals surface area contributed by atoms with Gasteiger partial charge in [0.15, 0.2) is 0 Å². The van der Waals surface area contributed by atoms with Crippen molar-refractivity contribution in [3.8, 4) is 17.1 Å². The molecule has 0 aliphatic carbocycles. The first-order valence-corrected chi connectivity index (χ1v) is 10.1. The number of furan rings is 1. The number of para-hydroxylation sites is 2. The van der Waals surface area contributed by atoms with Crippen molar-refractivity contribution in [2.24, 2.45) is 0 Å². The molecular weight excluding hydrogens is 370 g/mol. The van der Waals surface area contributed by atoms with Gasteiger partial charge >= 0.3 is 0 Å². The number of ether oxygens (including phenoxy) is 1. The fourth-order valence-corrected chi connectivity index (χ4v) is 4.29. The van der Waals surface area contributed by atoms with Crippen molar-refractivity contribution in [1.29, 1.82) is 0 Å². The summed E-state index contributed by atoms with van der Waals surface area (Å²) in [5.41, 5.74) is 5.69. The molecule has 3 heteroatoms. The number of aryl methyl sites for hydroxylation is 1.